The zero-order valence-corrected chi connectivity index (χ0v) is 23.4. The van der Waals surface area contributed by atoms with E-state index in [-0.39, 0.29) is 17.7 Å². The van der Waals surface area contributed by atoms with Gasteiger partial charge in [-0.1, -0.05) is 29.5 Å². The van der Waals surface area contributed by atoms with Gasteiger partial charge in [0.15, 0.2) is 16.3 Å². The number of allylic oxidation sites excluding steroid dienone is 1. The van der Waals surface area contributed by atoms with Crippen molar-refractivity contribution in [3.05, 3.63) is 84.2 Å². The lowest BCUT2D eigenvalue weighted by molar-refractivity contribution is -0.139. The van der Waals surface area contributed by atoms with E-state index in [9.17, 15) is 9.59 Å². The number of nitrogens with one attached hydrogen (secondary N) is 1. The molecular weight excluding hydrogens is 518 g/mol. The SMILES string of the molecule is CCOC(=O)C1=C(C)N=c2s/c(=C\c3c(C)[nH]c4ccccc34)c(=O)n2[C@@H]1c1cc(OC)c(OC)c(OC)c1. The number of ether oxygens (including phenoxy) is 4. The summed E-state index contributed by atoms with van der Waals surface area (Å²) in [7, 11) is 4.55. The number of H-pyrrole nitrogens is 1. The molecule has 5 rings (SSSR count). The molecule has 202 valence electrons. The van der Waals surface area contributed by atoms with Crippen molar-refractivity contribution in [1.82, 2.24) is 9.55 Å². The van der Waals surface area contributed by atoms with Gasteiger partial charge in [-0.3, -0.25) is 9.36 Å². The van der Waals surface area contributed by atoms with Crippen LogP contribution in [0.3, 0.4) is 0 Å². The molecule has 0 fully saturated rings. The first-order valence-corrected chi connectivity index (χ1v) is 13.2. The summed E-state index contributed by atoms with van der Waals surface area (Å²) in [6, 6.07) is 10.6. The summed E-state index contributed by atoms with van der Waals surface area (Å²) < 4.78 is 24.1. The van der Waals surface area contributed by atoms with Crippen molar-refractivity contribution in [2.75, 3.05) is 27.9 Å². The minimum atomic E-state index is -0.819. The van der Waals surface area contributed by atoms with Crippen LogP contribution in [-0.4, -0.2) is 43.5 Å². The highest BCUT2D eigenvalue weighted by atomic mass is 32.1. The molecule has 9 nitrogen and oxygen atoms in total. The number of rotatable bonds is 7. The van der Waals surface area contributed by atoms with Crippen molar-refractivity contribution in [2.45, 2.75) is 26.8 Å². The maximum atomic E-state index is 14.0. The molecular formula is C29H29N3O6S. The van der Waals surface area contributed by atoms with Gasteiger partial charge in [0, 0.05) is 22.2 Å². The zero-order chi connectivity index (χ0) is 27.8. The van der Waals surface area contributed by atoms with Crippen LogP contribution in [0.2, 0.25) is 0 Å². The Bertz CT molecular complexity index is 1790. The van der Waals surface area contributed by atoms with Crippen LogP contribution in [0.1, 0.15) is 36.7 Å². The topological polar surface area (TPSA) is 104 Å². The minimum absolute atomic E-state index is 0.182. The Labute approximate surface area is 228 Å². The van der Waals surface area contributed by atoms with Gasteiger partial charge in [-0.25, -0.2) is 9.79 Å². The van der Waals surface area contributed by atoms with Gasteiger partial charge in [-0.15, -0.1) is 0 Å². The quantitative estimate of drug-likeness (QED) is 0.355. The fourth-order valence-electron chi connectivity index (χ4n) is 4.98. The van der Waals surface area contributed by atoms with Crippen molar-refractivity contribution in [3.63, 3.8) is 0 Å². The summed E-state index contributed by atoms with van der Waals surface area (Å²) in [6.45, 7) is 5.64. The average molecular weight is 548 g/mol. The van der Waals surface area contributed by atoms with Gasteiger partial charge in [0.1, 0.15) is 0 Å². The van der Waals surface area contributed by atoms with Gasteiger partial charge in [-0.05, 0) is 50.6 Å². The van der Waals surface area contributed by atoms with Crippen molar-refractivity contribution in [2.24, 2.45) is 4.99 Å². The van der Waals surface area contributed by atoms with E-state index in [1.165, 1.54) is 32.7 Å². The maximum Gasteiger partial charge on any atom is 0.338 e. The number of thiazole rings is 1. The number of carbonyl (C=O) groups is 1. The molecule has 0 spiro atoms. The first kappa shape index (κ1) is 26.3. The summed E-state index contributed by atoms with van der Waals surface area (Å²) in [5.74, 6) is 0.672. The summed E-state index contributed by atoms with van der Waals surface area (Å²) in [5.41, 5.74) is 3.95. The Balaban J connectivity index is 1.80. The van der Waals surface area contributed by atoms with Crippen molar-refractivity contribution >= 4 is 34.3 Å². The normalized spacial score (nSPS) is 15.2. The molecule has 0 saturated carbocycles. The highest BCUT2D eigenvalue weighted by molar-refractivity contribution is 7.07. The van der Waals surface area contributed by atoms with E-state index in [1.807, 2.05) is 37.3 Å². The minimum Gasteiger partial charge on any atom is -0.493 e. The standard InChI is InChI=1S/C29H29N3O6S/c1-7-38-28(34)24-16(3)31-29-32(25(24)17-12-21(35-4)26(37-6)22(13-17)36-5)27(33)23(39-29)14-19-15(2)30-20-11-9-8-10-18(19)20/h8-14,25,30H,7H2,1-6H3/b23-14-/t25-/m1/s1. The van der Waals surface area contributed by atoms with E-state index in [4.69, 9.17) is 18.9 Å². The lowest BCUT2D eigenvalue weighted by atomic mass is 9.95. The molecule has 0 radical (unpaired) electrons. The van der Waals surface area contributed by atoms with E-state index < -0.39 is 12.0 Å². The van der Waals surface area contributed by atoms with E-state index in [1.54, 1.807) is 30.5 Å². The van der Waals surface area contributed by atoms with E-state index in [2.05, 4.69) is 9.98 Å². The van der Waals surface area contributed by atoms with Crippen LogP contribution in [0.5, 0.6) is 17.2 Å². The fraction of sp³-hybridized carbons (Fsp3) is 0.276. The van der Waals surface area contributed by atoms with E-state index in [0.29, 0.717) is 37.8 Å². The lowest BCUT2D eigenvalue weighted by Crippen LogP contribution is -2.40. The number of carbonyl (C=O) groups excluding carboxylic acids is 1. The number of nitrogens with zero attached hydrogens (tertiary/aromatic N) is 2. The molecule has 2 aromatic heterocycles. The first-order valence-electron chi connectivity index (χ1n) is 12.4. The van der Waals surface area contributed by atoms with Gasteiger partial charge in [0.25, 0.3) is 5.56 Å². The van der Waals surface area contributed by atoms with E-state index >= 15 is 0 Å². The highest BCUT2D eigenvalue weighted by Gasteiger charge is 2.34. The predicted molar refractivity (Wildman–Crippen MR) is 150 cm³/mol. The van der Waals surface area contributed by atoms with Crippen LogP contribution in [0, 0.1) is 6.92 Å². The molecule has 1 atom stereocenters. The number of methoxy groups -OCH3 is 3. The van der Waals surface area contributed by atoms with Gasteiger partial charge in [-0.2, -0.15) is 0 Å². The Morgan fingerprint density at radius 2 is 1.79 bits per heavy atom. The summed E-state index contributed by atoms with van der Waals surface area (Å²) in [6.07, 6.45) is 1.88. The van der Waals surface area contributed by atoms with Gasteiger partial charge in [0.05, 0.1) is 49.8 Å². The Kier molecular flexibility index (Phi) is 7.05. The van der Waals surface area contributed by atoms with Crippen molar-refractivity contribution in [1.29, 1.82) is 0 Å². The third kappa shape index (κ3) is 4.40. The number of benzene rings is 2. The molecule has 10 heteroatoms. The first-order chi connectivity index (χ1) is 18.8. The number of hydrogen-bond acceptors (Lipinski definition) is 8. The van der Waals surface area contributed by atoms with Crippen LogP contribution in [0.4, 0.5) is 0 Å². The number of aryl methyl sites for hydroxylation is 1. The van der Waals surface area contributed by atoms with Crippen molar-refractivity contribution < 1.29 is 23.7 Å². The zero-order valence-electron chi connectivity index (χ0n) is 22.6. The molecule has 1 aliphatic heterocycles. The monoisotopic (exact) mass is 547 g/mol. The summed E-state index contributed by atoms with van der Waals surface area (Å²) in [4.78, 5) is 35.8. The average Bonchev–Trinajstić information content (AvgIpc) is 3.42. The smallest absolute Gasteiger partial charge is 0.338 e. The molecule has 3 heterocycles. The highest BCUT2D eigenvalue weighted by Crippen LogP contribution is 2.42. The molecule has 1 N–H and O–H groups in total. The third-order valence-electron chi connectivity index (χ3n) is 6.74. The molecule has 39 heavy (non-hydrogen) atoms. The second kappa shape index (κ2) is 10.5. The molecule has 0 unspecified atom stereocenters. The Morgan fingerprint density at radius 1 is 1.10 bits per heavy atom. The number of aromatic amines is 1. The van der Waals surface area contributed by atoms with Crippen molar-refractivity contribution in [3.8, 4) is 17.2 Å². The van der Waals surface area contributed by atoms with Gasteiger partial charge in [0.2, 0.25) is 5.75 Å². The molecule has 4 aromatic rings. The molecule has 2 aromatic carbocycles. The second-order valence-corrected chi connectivity index (χ2v) is 9.98. The number of hydrogen-bond donors (Lipinski definition) is 1. The van der Waals surface area contributed by atoms with Gasteiger partial charge < -0.3 is 23.9 Å². The van der Waals surface area contributed by atoms with Crippen LogP contribution in [0.25, 0.3) is 17.0 Å². The Morgan fingerprint density at radius 3 is 2.44 bits per heavy atom. The number of esters is 1. The fourth-order valence-corrected chi connectivity index (χ4v) is 6.01. The van der Waals surface area contributed by atoms with Crippen LogP contribution in [0.15, 0.2) is 57.5 Å². The second-order valence-electron chi connectivity index (χ2n) is 8.97. The molecule has 0 amide bonds. The molecule has 0 bridgehead atoms. The summed E-state index contributed by atoms with van der Waals surface area (Å²) >= 11 is 1.28. The molecule has 0 saturated heterocycles. The summed E-state index contributed by atoms with van der Waals surface area (Å²) in [5, 5.41) is 1.02. The molecule has 1 aliphatic rings. The predicted octanol–water partition coefficient (Wildman–Crippen LogP) is 3.61. The largest absolute Gasteiger partial charge is 0.493 e. The van der Waals surface area contributed by atoms with E-state index in [0.717, 1.165) is 22.2 Å². The lowest BCUT2D eigenvalue weighted by Gasteiger charge is -2.26. The van der Waals surface area contributed by atoms with Crippen LogP contribution < -0.4 is 29.1 Å². The number of aromatic nitrogens is 2. The maximum absolute atomic E-state index is 14.0. The van der Waals surface area contributed by atoms with Gasteiger partial charge >= 0.3 is 5.97 Å². The molecule has 0 aliphatic carbocycles. The Hall–Kier alpha value is -4.31. The third-order valence-corrected chi connectivity index (χ3v) is 7.72. The van der Waals surface area contributed by atoms with Crippen LogP contribution in [-0.2, 0) is 9.53 Å². The van der Waals surface area contributed by atoms with Crippen LogP contribution >= 0.6 is 11.3 Å². The number of fused-ring (bicyclic) bond motifs is 2. The number of para-hydroxylation sites is 1.